The van der Waals surface area contributed by atoms with Crippen LogP contribution in [0.15, 0.2) is 0 Å². The molecule has 1 aliphatic rings. The summed E-state index contributed by atoms with van der Waals surface area (Å²) in [6, 6.07) is 0.876. The fraction of sp³-hybridized carbons (Fsp3) is 0.929. The molecule has 0 bridgehead atoms. The van der Waals surface area contributed by atoms with Crippen molar-refractivity contribution in [1.29, 1.82) is 0 Å². The lowest BCUT2D eigenvalue weighted by molar-refractivity contribution is -0.147. The predicted molar refractivity (Wildman–Crippen MR) is 73.3 cm³/mol. The lowest BCUT2D eigenvalue weighted by Gasteiger charge is -2.42. The first-order chi connectivity index (χ1) is 8.27. The van der Waals surface area contributed by atoms with Crippen LogP contribution in [0, 0.1) is 5.92 Å². The van der Waals surface area contributed by atoms with Gasteiger partial charge < -0.3 is 10.5 Å². The van der Waals surface area contributed by atoms with Crippen LogP contribution >= 0.6 is 0 Å². The van der Waals surface area contributed by atoms with Crippen molar-refractivity contribution < 1.29 is 9.53 Å². The fourth-order valence-corrected chi connectivity index (χ4v) is 2.98. The van der Waals surface area contributed by atoms with Crippen molar-refractivity contribution >= 4 is 5.97 Å². The molecule has 4 nitrogen and oxygen atoms in total. The minimum absolute atomic E-state index is 0.303. The summed E-state index contributed by atoms with van der Waals surface area (Å²) in [5.74, 6) is 0.401. The van der Waals surface area contributed by atoms with Crippen molar-refractivity contribution in [2.24, 2.45) is 11.7 Å². The van der Waals surface area contributed by atoms with Gasteiger partial charge in [0.1, 0.15) is 5.54 Å². The van der Waals surface area contributed by atoms with E-state index in [0.717, 1.165) is 12.5 Å². The summed E-state index contributed by atoms with van der Waals surface area (Å²) in [5, 5.41) is 0. The normalized spacial score (nSPS) is 30.6. The molecule has 0 aromatic carbocycles. The summed E-state index contributed by atoms with van der Waals surface area (Å²) in [6.45, 7) is 9.55. The highest BCUT2D eigenvalue weighted by molar-refractivity contribution is 5.79. The van der Waals surface area contributed by atoms with E-state index in [1.54, 1.807) is 6.92 Å². The summed E-state index contributed by atoms with van der Waals surface area (Å²) >= 11 is 0. The van der Waals surface area contributed by atoms with Gasteiger partial charge >= 0.3 is 5.97 Å². The molecule has 1 aliphatic heterocycles. The monoisotopic (exact) mass is 256 g/mol. The molecule has 4 heteroatoms. The Balaban J connectivity index is 2.63. The Labute approximate surface area is 111 Å². The number of hydrogen-bond donors (Lipinski definition) is 1. The quantitative estimate of drug-likeness (QED) is 0.779. The third kappa shape index (κ3) is 3.69. The number of likely N-dealkylation sites (tertiary alicyclic amines) is 1. The van der Waals surface area contributed by atoms with E-state index in [2.05, 4.69) is 25.7 Å². The van der Waals surface area contributed by atoms with Gasteiger partial charge in [-0.2, -0.15) is 0 Å². The zero-order valence-corrected chi connectivity index (χ0v) is 12.4. The lowest BCUT2D eigenvalue weighted by Crippen LogP contribution is -2.54. The van der Waals surface area contributed by atoms with Gasteiger partial charge in [0, 0.05) is 18.6 Å². The second kappa shape index (κ2) is 6.02. The van der Waals surface area contributed by atoms with E-state index < -0.39 is 5.54 Å². The van der Waals surface area contributed by atoms with E-state index in [9.17, 15) is 4.79 Å². The van der Waals surface area contributed by atoms with Crippen LogP contribution in [0.25, 0.3) is 0 Å². The van der Waals surface area contributed by atoms with Crippen LogP contribution in [0.5, 0.6) is 0 Å². The number of carbonyl (C=O) groups is 1. The maximum atomic E-state index is 11.6. The second-order valence-electron chi connectivity index (χ2n) is 6.19. The van der Waals surface area contributed by atoms with Gasteiger partial charge in [0.05, 0.1) is 7.11 Å². The first-order valence-corrected chi connectivity index (χ1v) is 6.91. The number of esters is 1. The molecule has 4 atom stereocenters. The molecule has 1 rings (SSSR count). The van der Waals surface area contributed by atoms with Gasteiger partial charge in [0.25, 0.3) is 0 Å². The third-order valence-corrected chi connectivity index (χ3v) is 4.10. The second-order valence-corrected chi connectivity index (χ2v) is 6.19. The molecule has 18 heavy (non-hydrogen) atoms. The van der Waals surface area contributed by atoms with Crippen molar-refractivity contribution in [3.8, 4) is 0 Å². The van der Waals surface area contributed by atoms with Crippen LogP contribution in [-0.4, -0.2) is 42.1 Å². The summed E-state index contributed by atoms with van der Waals surface area (Å²) in [6.07, 6.45) is 3.16. The third-order valence-electron chi connectivity index (χ3n) is 4.10. The number of carbonyl (C=O) groups excluding carboxylic acids is 1. The van der Waals surface area contributed by atoms with E-state index in [0.29, 0.717) is 18.5 Å². The van der Waals surface area contributed by atoms with Crippen molar-refractivity contribution in [3.05, 3.63) is 0 Å². The van der Waals surface area contributed by atoms with E-state index in [1.165, 1.54) is 20.0 Å². The first-order valence-electron chi connectivity index (χ1n) is 6.91. The summed E-state index contributed by atoms with van der Waals surface area (Å²) < 4.78 is 4.77. The van der Waals surface area contributed by atoms with Gasteiger partial charge in [-0.3, -0.25) is 9.69 Å². The predicted octanol–water partition coefficient (Wildman–Crippen LogP) is 1.78. The van der Waals surface area contributed by atoms with E-state index in [1.807, 2.05) is 0 Å². The first kappa shape index (κ1) is 15.4. The minimum atomic E-state index is -0.894. The summed E-state index contributed by atoms with van der Waals surface area (Å²) in [7, 11) is 1.39. The van der Waals surface area contributed by atoms with Gasteiger partial charge in [-0.15, -0.1) is 0 Å². The van der Waals surface area contributed by atoms with Crippen LogP contribution in [0.1, 0.15) is 47.0 Å². The Kier molecular flexibility index (Phi) is 5.17. The summed E-state index contributed by atoms with van der Waals surface area (Å²) in [4.78, 5) is 14.1. The number of rotatable bonds is 4. The van der Waals surface area contributed by atoms with Crippen LogP contribution < -0.4 is 5.73 Å². The molecule has 0 aromatic heterocycles. The average molecular weight is 256 g/mol. The van der Waals surface area contributed by atoms with Crippen LogP contribution in [0.2, 0.25) is 0 Å². The summed E-state index contributed by atoms with van der Waals surface area (Å²) in [5.41, 5.74) is 5.16. The number of nitrogens with zero attached hydrogens (tertiary/aromatic N) is 1. The number of ether oxygens (including phenoxy) is 1. The molecule has 0 radical (unpaired) electrons. The van der Waals surface area contributed by atoms with Crippen molar-refractivity contribution in [1.82, 2.24) is 4.90 Å². The highest BCUT2D eigenvalue weighted by Crippen LogP contribution is 2.26. The van der Waals surface area contributed by atoms with Crippen molar-refractivity contribution in [3.63, 3.8) is 0 Å². The lowest BCUT2D eigenvalue weighted by atomic mass is 9.89. The van der Waals surface area contributed by atoms with E-state index in [-0.39, 0.29) is 5.97 Å². The number of hydrogen-bond acceptors (Lipinski definition) is 4. The number of methoxy groups -OCH3 is 1. The maximum absolute atomic E-state index is 11.6. The standard InChI is InChI=1S/C14H28N2O2/c1-10-6-7-11(2)16(9-10)12(3)8-14(4,15)13(17)18-5/h10-12H,6-9,15H2,1-5H3. The Bertz CT molecular complexity index is 292. The molecular weight excluding hydrogens is 228 g/mol. The van der Waals surface area contributed by atoms with E-state index >= 15 is 0 Å². The molecule has 0 saturated carbocycles. The van der Waals surface area contributed by atoms with Crippen molar-refractivity contribution in [2.45, 2.75) is 64.6 Å². The highest BCUT2D eigenvalue weighted by Gasteiger charge is 2.35. The molecule has 0 amide bonds. The Morgan fingerprint density at radius 2 is 2.11 bits per heavy atom. The molecule has 1 fully saturated rings. The molecule has 0 aromatic rings. The SMILES string of the molecule is COC(=O)C(C)(N)CC(C)N1CC(C)CCC1C. The van der Waals surface area contributed by atoms with Crippen LogP contribution in [0.4, 0.5) is 0 Å². The Morgan fingerprint density at radius 1 is 1.50 bits per heavy atom. The van der Waals surface area contributed by atoms with Gasteiger partial charge in [0.15, 0.2) is 0 Å². The topological polar surface area (TPSA) is 55.6 Å². The number of piperidine rings is 1. The largest absolute Gasteiger partial charge is 0.468 e. The highest BCUT2D eigenvalue weighted by atomic mass is 16.5. The molecule has 0 spiro atoms. The van der Waals surface area contributed by atoms with Gasteiger partial charge in [0.2, 0.25) is 0 Å². The Morgan fingerprint density at radius 3 is 2.67 bits per heavy atom. The van der Waals surface area contributed by atoms with Crippen molar-refractivity contribution in [2.75, 3.05) is 13.7 Å². The zero-order valence-electron chi connectivity index (χ0n) is 12.4. The molecule has 1 heterocycles. The van der Waals surface area contributed by atoms with Gasteiger partial charge in [-0.1, -0.05) is 6.92 Å². The number of nitrogens with two attached hydrogens (primary N) is 1. The molecule has 2 N–H and O–H groups in total. The van der Waals surface area contributed by atoms with Crippen LogP contribution in [0.3, 0.4) is 0 Å². The zero-order chi connectivity index (χ0) is 13.9. The molecule has 4 unspecified atom stereocenters. The molecule has 0 aliphatic carbocycles. The molecule has 106 valence electrons. The minimum Gasteiger partial charge on any atom is -0.468 e. The molecule has 1 saturated heterocycles. The smallest absolute Gasteiger partial charge is 0.325 e. The Hall–Kier alpha value is -0.610. The van der Waals surface area contributed by atoms with Gasteiger partial charge in [-0.05, 0) is 46.0 Å². The fourth-order valence-electron chi connectivity index (χ4n) is 2.98. The molecular formula is C14H28N2O2. The maximum Gasteiger partial charge on any atom is 0.325 e. The average Bonchev–Trinajstić information content (AvgIpc) is 2.30. The van der Waals surface area contributed by atoms with E-state index in [4.69, 9.17) is 10.5 Å². The van der Waals surface area contributed by atoms with Crippen LogP contribution in [-0.2, 0) is 9.53 Å². The van der Waals surface area contributed by atoms with Gasteiger partial charge in [-0.25, -0.2) is 0 Å².